The number of carbonyl (C=O) groups excluding carboxylic acids is 1. The van der Waals surface area contributed by atoms with Crippen molar-refractivity contribution in [3.8, 4) is 0 Å². The normalized spacial score (nSPS) is 12.0. The van der Waals surface area contributed by atoms with Gasteiger partial charge in [-0.05, 0) is 20.2 Å². The Morgan fingerprint density at radius 2 is 1.96 bits per heavy atom. The van der Waals surface area contributed by atoms with Gasteiger partial charge < -0.3 is 20.3 Å². The average Bonchev–Trinajstić information content (AvgIpc) is 2.44. The van der Waals surface area contributed by atoms with Gasteiger partial charge in [0.2, 0.25) is 5.91 Å². The molecule has 5 nitrogen and oxygen atoms in total. The minimum Gasteiger partial charge on any atom is -0.383 e. The number of halogens is 3. The lowest BCUT2D eigenvalue weighted by molar-refractivity contribution is -0.134. The van der Waals surface area contributed by atoms with Crippen LogP contribution >= 0.6 is 12.4 Å². The number of amides is 1. The number of nitrogens with zero attached hydrogens (tertiary/aromatic N) is 2. The first-order valence-corrected chi connectivity index (χ1v) is 6.97. The third-order valence-corrected chi connectivity index (χ3v) is 3.17. The number of rotatable bonds is 8. The maximum atomic E-state index is 13.8. The smallest absolute Gasteiger partial charge is 0.242 e. The Morgan fingerprint density at radius 1 is 1.30 bits per heavy atom. The second-order valence-electron chi connectivity index (χ2n) is 5.36. The molecule has 1 aromatic rings. The highest BCUT2D eigenvalue weighted by molar-refractivity contribution is 5.85. The van der Waals surface area contributed by atoms with Crippen LogP contribution in [0.4, 0.5) is 8.78 Å². The average molecular weight is 352 g/mol. The van der Waals surface area contributed by atoms with Crippen LogP contribution in [0.25, 0.3) is 0 Å². The topological polar surface area (TPSA) is 58.8 Å². The third-order valence-electron chi connectivity index (χ3n) is 3.17. The summed E-state index contributed by atoms with van der Waals surface area (Å²) in [7, 11) is 5.20. The van der Waals surface area contributed by atoms with Crippen LogP contribution in [-0.2, 0) is 16.1 Å². The number of hydrogen-bond donors (Lipinski definition) is 1. The summed E-state index contributed by atoms with van der Waals surface area (Å²) in [6.45, 7) is 1.12. The first kappa shape index (κ1) is 21.7. The molecule has 0 saturated carbocycles. The molecule has 1 aromatic carbocycles. The monoisotopic (exact) mass is 351 g/mol. The zero-order valence-corrected chi connectivity index (χ0v) is 14.4. The molecule has 8 heteroatoms. The molecule has 0 heterocycles. The fraction of sp³-hybridized carbons (Fsp3) is 0.533. The molecule has 0 spiro atoms. The Hall–Kier alpha value is -1.28. The van der Waals surface area contributed by atoms with Crippen LogP contribution in [0.1, 0.15) is 5.56 Å². The molecule has 132 valence electrons. The highest BCUT2D eigenvalue weighted by atomic mass is 35.5. The predicted octanol–water partition coefficient (Wildman–Crippen LogP) is 1.25. The van der Waals surface area contributed by atoms with Crippen LogP contribution in [0.5, 0.6) is 0 Å². The number of hydrogen-bond acceptors (Lipinski definition) is 4. The van der Waals surface area contributed by atoms with E-state index in [1.807, 2.05) is 19.0 Å². The Bertz CT molecular complexity index is 504. The molecule has 0 fully saturated rings. The summed E-state index contributed by atoms with van der Waals surface area (Å²) in [5.74, 6) is -1.65. The molecule has 1 unspecified atom stereocenters. The Morgan fingerprint density at radius 3 is 2.48 bits per heavy atom. The largest absolute Gasteiger partial charge is 0.383 e. The number of nitrogens with two attached hydrogens (primary N) is 1. The number of benzene rings is 1. The van der Waals surface area contributed by atoms with Gasteiger partial charge in [0.1, 0.15) is 17.7 Å². The van der Waals surface area contributed by atoms with Crippen LogP contribution in [0, 0.1) is 11.6 Å². The second-order valence-corrected chi connectivity index (χ2v) is 5.36. The Balaban J connectivity index is 0.00000484. The zero-order valence-electron chi connectivity index (χ0n) is 13.6. The molecular weight excluding hydrogens is 328 g/mol. The molecule has 0 bridgehead atoms. The first-order valence-electron chi connectivity index (χ1n) is 6.97. The van der Waals surface area contributed by atoms with E-state index in [9.17, 15) is 13.6 Å². The van der Waals surface area contributed by atoms with Gasteiger partial charge in [-0.15, -0.1) is 12.4 Å². The van der Waals surface area contributed by atoms with E-state index in [0.717, 1.165) is 6.07 Å². The van der Waals surface area contributed by atoms with Gasteiger partial charge in [0, 0.05) is 38.4 Å². The van der Waals surface area contributed by atoms with E-state index in [1.54, 1.807) is 0 Å². The number of methoxy groups -OCH3 is 1. The van der Waals surface area contributed by atoms with Crippen LogP contribution in [-0.4, -0.2) is 62.7 Å². The van der Waals surface area contributed by atoms with Gasteiger partial charge in [-0.1, -0.05) is 6.07 Å². The van der Waals surface area contributed by atoms with E-state index in [2.05, 4.69) is 0 Å². The van der Waals surface area contributed by atoms with Crippen LogP contribution in [0.15, 0.2) is 18.2 Å². The SMILES string of the molecule is COCC(N)C(=O)N(CCN(C)C)Cc1ccc(F)cc1F.Cl. The molecule has 1 rings (SSSR count). The second kappa shape index (κ2) is 10.5. The van der Waals surface area contributed by atoms with Crippen molar-refractivity contribution in [2.75, 3.05) is 40.9 Å². The fourth-order valence-electron chi connectivity index (χ4n) is 1.93. The van der Waals surface area contributed by atoms with E-state index in [-0.39, 0.29) is 37.0 Å². The van der Waals surface area contributed by atoms with Gasteiger partial charge in [-0.3, -0.25) is 4.79 Å². The summed E-state index contributed by atoms with van der Waals surface area (Å²) in [5, 5.41) is 0. The summed E-state index contributed by atoms with van der Waals surface area (Å²) in [5.41, 5.74) is 6.02. The minimum absolute atomic E-state index is 0. The van der Waals surface area contributed by atoms with Crippen molar-refractivity contribution in [3.63, 3.8) is 0 Å². The van der Waals surface area contributed by atoms with Crippen molar-refractivity contribution in [1.82, 2.24) is 9.80 Å². The van der Waals surface area contributed by atoms with Gasteiger partial charge in [-0.25, -0.2) is 8.78 Å². The number of likely N-dealkylation sites (N-methyl/N-ethyl adjacent to an activating group) is 1. The number of ether oxygens (including phenoxy) is 1. The summed E-state index contributed by atoms with van der Waals surface area (Å²) >= 11 is 0. The van der Waals surface area contributed by atoms with E-state index < -0.39 is 17.7 Å². The van der Waals surface area contributed by atoms with Gasteiger partial charge >= 0.3 is 0 Å². The fourth-order valence-corrected chi connectivity index (χ4v) is 1.93. The van der Waals surface area contributed by atoms with E-state index in [4.69, 9.17) is 10.5 Å². The van der Waals surface area contributed by atoms with Crippen molar-refractivity contribution in [2.45, 2.75) is 12.6 Å². The van der Waals surface area contributed by atoms with E-state index in [1.165, 1.54) is 24.1 Å². The third kappa shape index (κ3) is 7.22. The highest BCUT2D eigenvalue weighted by Crippen LogP contribution is 2.13. The Labute approximate surface area is 141 Å². The van der Waals surface area contributed by atoms with Gasteiger partial charge in [0.05, 0.1) is 6.61 Å². The first-order chi connectivity index (χ1) is 10.3. The van der Waals surface area contributed by atoms with Crippen LogP contribution in [0.2, 0.25) is 0 Å². The molecule has 23 heavy (non-hydrogen) atoms. The van der Waals surface area contributed by atoms with Gasteiger partial charge in [0.25, 0.3) is 0 Å². The van der Waals surface area contributed by atoms with E-state index in [0.29, 0.717) is 13.1 Å². The van der Waals surface area contributed by atoms with Crippen molar-refractivity contribution < 1.29 is 18.3 Å². The molecule has 1 amide bonds. The number of carbonyl (C=O) groups is 1. The summed E-state index contributed by atoms with van der Waals surface area (Å²) in [4.78, 5) is 15.7. The quantitative estimate of drug-likeness (QED) is 0.766. The maximum absolute atomic E-state index is 13.8. The zero-order chi connectivity index (χ0) is 16.7. The minimum atomic E-state index is -0.810. The van der Waals surface area contributed by atoms with Gasteiger partial charge in [-0.2, -0.15) is 0 Å². The molecular formula is C15H24ClF2N3O2. The molecule has 0 saturated heterocycles. The molecule has 0 aliphatic rings. The molecule has 0 aromatic heterocycles. The molecule has 1 atom stereocenters. The van der Waals surface area contributed by atoms with Crippen molar-refractivity contribution in [2.24, 2.45) is 5.73 Å². The van der Waals surface area contributed by atoms with Crippen molar-refractivity contribution >= 4 is 18.3 Å². The van der Waals surface area contributed by atoms with Crippen molar-refractivity contribution in [3.05, 3.63) is 35.4 Å². The standard InChI is InChI=1S/C15H23F2N3O2.ClH/c1-19(2)6-7-20(15(21)14(18)10-22-3)9-11-4-5-12(16)8-13(11)17;/h4-5,8,14H,6-7,9-10,18H2,1-3H3;1H. The van der Waals surface area contributed by atoms with Gasteiger partial charge in [0.15, 0.2) is 0 Å². The van der Waals surface area contributed by atoms with Crippen LogP contribution < -0.4 is 5.73 Å². The molecule has 0 aliphatic carbocycles. The summed E-state index contributed by atoms with van der Waals surface area (Å²) in [6.07, 6.45) is 0. The Kier molecular flexibility index (Phi) is 9.90. The van der Waals surface area contributed by atoms with E-state index >= 15 is 0 Å². The maximum Gasteiger partial charge on any atom is 0.242 e. The molecule has 0 radical (unpaired) electrons. The van der Waals surface area contributed by atoms with Crippen LogP contribution in [0.3, 0.4) is 0 Å². The summed E-state index contributed by atoms with van der Waals surface area (Å²) < 4.78 is 31.6. The summed E-state index contributed by atoms with van der Waals surface area (Å²) in [6, 6.07) is 2.50. The molecule has 0 aliphatic heterocycles. The lowest BCUT2D eigenvalue weighted by Gasteiger charge is -2.27. The highest BCUT2D eigenvalue weighted by Gasteiger charge is 2.22. The predicted molar refractivity (Wildman–Crippen MR) is 87.4 cm³/mol. The lowest BCUT2D eigenvalue weighted by atomic mass is 10.1. The molecule has 2 N–H and O–H groups in total. The lowest BCUT2D eigenvalue weighted by Crippen LogP contribution is -2.47. The van der Waals surface area contributed by atoms with Crippen molar-refractivity contribution in [1.29, 1.82) is 0 Å².